The summed E-state index contributed by atoms with van der Waals surface area (Å²) >= 11 is 0. The number of hydrogen-bond donors (Lipinski definition) is 2. The summed E-state index contributed by atoms with van der Waals surface area (Å²) < 4.78 is 20.9. The van der Waals surface area contributed by atoms with Crippen LogP contribution >= 0.6 is 0 Å². The Kier molecular flexibility index (Phi) is 10.8. The highest BCUT2D eigenvalue weighted by Gasteiger charge is 2.37. The zero-order valence-corrected chi connectivity index (χ0v) is 19.1. The highest BCUT2D eigenvalue weighted by molar-refractivity contribution is 6.46. The molecule has 2 atom stereocenters. The SMILES string of the molecule is C/C=C\C1=C(CC(=O)OC(C)OC(=O)OC2CCCCC2)OB(O)[C@@H](NC(=O)CCC#N)C1. The lowest BCUT2D eigenvalue weighted by Crippen LogP contribution is -2.50. The maximum absolute atomic E-state index is 12.4. The van der Waals surface area contributed by atoms with Crippen molar-refractivity contribution in [2.75, 3.05) is 0 Å². The van der Waals surface area contributed by atoms with E-state index in [1.165, 1.54) is 6.92 Å². The fourth-order valence-electron chi connectivity index (χ4n) is 3.71. The van der Waals surface area contributed by atoms with Gasteiger partial charge in [-0.25, -0.2) is 4.79 Å². The van der Waals surface area contributed by atoms with Crippen molar-refractivity contribution in [3.05, 3.63) is 23.5 Å². The van der Waals surface area contributed by atoms with Gasteiger partial charge in [0.25, 0.3) is 0 Å². The second-order valence-electron chi connectivity index (χ2n) is 7.97. The molecule has 1 aliphatic heterocycles. The number of rotatable bonds is 9. The van der Waals surface area contributed by atoms with Crippen molar-refractivity contribution in [1.82, 2.24) is 5.32 Å². The quantitative estimate of drug-likeness (QED) is 0.300. The van der Waals surface area contributed by atoms with Gasteiger partial charge in [-0.2, -0.15) is 5.26 Å². The van der Waals surface area contributed by atoms with E-state index >= 15 is 0 Å². The number of esters is 1. The predicted molar refractivity (Wildman–Crippen MR) is 117 cm³/mol. The molecule has 1 fully saturated rings. The Balaban J connectivity index is 1.88. The van der Waals surface area contributed by atoms with E-state index in [9.17, 15) is 19.4 Å². The van der Waals surface area contributed by atoms with Crippen molar-refractivity contribution in [3.8, 4) is 6.07 Å². The Morgan fingerprint density at radius 2 is 2.03 bits per heavy atom. The van der Waals surface area contributed by atoms with Crippen molar-refractivity contribution >= 4 is 25.2 Å². The van der Waals surface area contributed by atoms with Crippen molar-refractivity contribution in [2.24, 2.45) is 0 Å². The smallest absolute Gasteiger partial charge is 0.537 e. The average molecular weight is 462 g/mol. The van der Waals surface area contributed by atoms with Crippen molar-refractivity contribution in [3.63, 3.8) is 0 Å². The molecule has 11 heteroatoms. The van der Waals surface area contributed by atoms with Crippen LogP contribution in [0.15, 0.2) is 23.5 Å². The first-order chi connectivity index (χ1) is 15.8. The second kappa shape index (κ2) is 13.5. The van der Waals surface area contributed by atoms with Crippen LogP contribution in [0.4, 0.5) is 4.79 Å². The summed E-state index contributed by atoms with van der Waals surface area (Å²) in [5.41, 5.74) is 0.607. The maximum atomic E-state index is 12.4. The number of nitriles is 1. The summed E-state index contributed by atoms with van der Waals surface area (Å²) in [6.45, 7) is 3.19. The van der Waals surface area contributed by atoms with E-state index in [0.717, 1.165) is 32.1 Å². The van der Waals surface area contributed by atoms with Crippen molar-refractivity contribution in [1.29, 1.82) is 5.26 Å². The van der Waals surface area contributed by atoms with Gasteiger partial charge in [0.2, 0.25) is 12.2 Å². The van der Waals surface area contributed by atoms with Gasteiger partial charge in [-0.3, -0.25) is 9.59 Å². The van der Waals surface area contributed by atoms with Gasteiger partial charge in [-0.1, -0.05) is 18.6 Å². The minimum atomic E-state index is -1.37. The molecule has 2 N–H and O–H groups in total. The van der Waals surface area contributed by atoms with Crippen LogP contribution in [0.5, 0.6) is 0 Å². The van der Waals surface area contributed by atoms with Crippen LogP contribution in [0.2, 0.25) is 0 Å². The van der Waals surface area contributed by atoms with Crippen molar-refractivity contribution in [2.45, 2.75) is 90.0 Å². The third kappa shape index (κ3) is 9.18. The van der Waals surface area contributed by atoms with E-state index < -0.39 is 31.5 Å². The molecule has 1 amide bonds. The molecule has 10 nitrogen and oxygen atoms in total. The third-order valence-corrected chi connectivity index (χ3v) is 5.26. The monoisotopic (exact) mass is 462 g/mol. The number of carbonyl (C=O) groups is 3. The lowest BCUT2D eigenvalue weighted by atomic mass is 9.72. The first-order valence-electron chi connectivity index (χ1n) is 11.2. The molecule has 180 valence electrons. The number of allylic oxidation sites excluding steroid dienone is 2. The molecule has 0 aromatic carbocycles. The molecule has 2 aliphatic rings. The van der Waals surface area contributed by atoms with Crippen LogP contribution in [-0.2, 0) is 28.5 Å². The van der Waals surface area contributed by atoms with Gasteiger partial charge < -0.3 is 29.2 Å². The number of carbonyl (C=O) groups excluding carboxylic acids is 3. The molecule has 1 saturated carbocycles. The highest BCUT2D eigenvalue weighted by Crippen LogP contribution is 2.26. The normalized spacial score (nSPS) is 19.9. The lowest BCUT2D eigenvalue weighted by Gasteiger charge is -2.29. The molecule has 0 spiro atoms. The number of ether oxygens (including phenoxy) is 3. The molecule has 1 unspecified atom stereocenters. The Morgan fingerprint density at radius 1 is 1.30 bits per heavy atom. The van der Waals surface area contributed by atoms with Gasteiger partial charge >= 0.3 is 19.2 Å². The Morgan fingerprint density at radius 3 is 2.70 bits per heavy atom. The Hall–Kier alpha value is -3.00. The minimum Gasteiger partial charge on any atom is -0.537 e. The van der Waals surface area contributed by atoms with Crippen LogP contribution in [0.25, 0.3) is 0 Å². The van der Waals surface area contributed by atoms with E-state index in [2.05, 4.69) is 5.32 Å². The summed E-state index contributed by atoms with van der Waals surface area (Å²) in [6.07, 6.45) is 5.99. The van der Waals surface area contributed by atoms with Gasteiger partial charge in [0.05, 0.1) is 17.8 Å². The number of hydrogen-bond acceptors (Lipinski definition) is 9. The zero-order chi connectivity index (χ0) is 24.2. The van der Waals surface area contributed by atoms with E-state index in [4.69, 9.17) is 24.1 Å². The fourth-order valence-corrected chi connectivity index (χ4v) is 3.71. The minimum absolute atomic E-state index is 0.0165. The van der Waals surface area contributed by atoms with Crippen LogP contribution in [0, 0.1) is 11.3 Å². The largest absolute Gasteiger partial charge is 0.546 e. The van der Waals surface area contributed by atoms with Gasteiger partial charge in [-0.05, 0) is 44.6 Å². The molecular weight excluding hydrogens is 431 g/mol. The van der Waals surface area contributed by atoms with E-state index in [-0.39, 0.29) is 43.5 Å². The molecule has 0 aromatic rings. The molecule has 2 rings (SSSR count). The van der Waals surface area contributed by atoms with Crippen LogP contribution in [0.3, 0.4) is 0 Å². The summed E-state index contributed by atoms with van der Waals surface area (Å²) in [5.74, 6) is -1.62. The predicted octanol–water partition coefficient (Wildman–Crippen LogP) is 2.81. The van der Waals surface area contributed by atoms with Gasteiger partial charge in [0, 0.05) is 19.8 Å². The van der Waals surface area contributed by atoms with E-state index in [0.29, 0.717) is 5.57 Å². The average Bonchev–Trinajstić information content (AvgIpc) is 2.75. The Bertz CT molecular complexity index is 801. The summed E-state index contributed by atoms with van der Waals surface area (Å²) in [5, 5.41) is 21.5. The second-order valence-corrected chi connectivity index (χ2v) is 7.97. The zero-order valence-electron chi connectivity index (χ0n) is 19.1. The number of amides is 1. The van der Waals surface area contributed by atoms with Gasteiger partial charge in [-0.15, -0.1) is 0 Å². The molecule has 0 aromatic heterocycles. The van der Waals surface area contributed by atoms with Crippen molar-refractivity contribution < 1.29 is 38.3 Å². The van der Waals surface area contributed by atoms with Crippen LogP contribution < -0.4 is 5.32 Å². The standard InChI is InChI=1S/C22H31BN2O8/c1-3-8-16-13-19(25-20(26)11-7-12-24)23(29)33-18(16)14-21(27)30-15(2)31-22(28)32-17-9-5-4-6-10-17/h3,8,15,17,19,29H,4-7,9-11,13-14H2,1-2H3,(H,25,26)/b8-3-/t15?,19-/m0/s1. The van der Waals surface area contributed by atoms with Crippen LogP contribution in [-0.4, -0.2) is 48.5 Å². The summed E-state index contributed by atoms with van der Waals surface area (Å²) in [4.78, 5) is 36.1. The van der Waals surface area contributed by atoms with Gasteiger partial charge in [0.1, 0.15) is 12.5 Å². The third-order valence-electron chi connectivity index (χ3n) is 5.26. The lowest BCUT2D eigenvalue weighted by molar-refractivity contribution is -0.168. The molecule has 0 saturated heterocycles. The fraction of sp³-hybridized carbons (Fsp3) is 0.636. The molecular formula is C22H31BN2O8. The first-order valence-corrected chi connectivity index (χ1v) is 11.2. The molecule has 0 radical (unpaired) electrons. The maximum Gasteiger partial charge on any atom is 0.546 e. The topological polar surface area (TPSA) is 144 Å². The molecule has 0 bridgehead atoms. The van der Waals surface area contributed by atoms with E-state index in [1.54, 1.807) is 19.1 Å². The molecule has 33 heavy (non-hydrogen) atoms. The summed E-state index contributed by atoms with van der Waals surface area (Å²) in [7, 11) is -1.37. The highest BCUT2D eigenvalue weighted by atomic mass is 16.8. The Labute approximate surface area is 194 Å². The van der Waals surface area contributed by atoms with Gasteiger partial charge in [0.15, 0.2) is 0 Å². The summed E-state index contributed by atoms with van der Waals surface area (Å²) in [6, 6.07) is 1.89. The molecule has 1 aliphatic carbocycles. The van der Waals surface area contributed by atoms with E-state index in [1.807, 2.05) is 6.07 Å². The number of nitrogens with zero attached hydrogens (tertiary/aromatic N) is 1. The number of nitrogens with one attached hydrogen (secondary N) is 1. The van der Waals surface area contributed by atoms with Crippen LogP contribution in [0.1, 0.15) is 71.6 Å². The first kappa shape index (κ1) is 26.3. The molecule has 1 heterocycles.